The fourth-order valence-electron chi connectivity index (χ4n) is 2.25. The van der Waals surface area contributed by atoms with Crippen molar-refractivity contribution in [3.63, 3.8) is 0 Å². The van der Waals surface area contributed by atoms with E-state index in [1.165, 1.54) is 0 Å². The molecule has 6 N–H and O–H groups in total. The van der Waals surface area contributed by atoms with Crippen molar-refractivity contribution in [1.29, 1.82) is 0 Å². The average molecular weight is 332 g/mol. The summed E-state index contributed by atoms with van der Waals surface area (Å²) in [5.41, 5.74) is -5.43. The molecule has 0 spiro atoms. The maximum Gasteiger partial charge on any atom is 0.340 e. The summed E-state index contributed by atoms with van der Waals surface area (Å²) in [7, 11) is 0. The van der Waals surface area contributed by atoms with E-state index in [1.807, 2.05) is 0 Å². The number of nitrogens with one attached hydrogen (secondary N) is 1. The fourth-order valence-corrected chi connectivity index (χ4v) is 2.25. The van der Waals surface area contributed by atoms with Gasteiger partial charge in [-0.15, -0.1) is 0 Å². The van der Waals surface area contributed by atoms with Crippen LogP contribution in [-0.2, 0) is 15.1 Å². The SMILES string of the molecule is CC(O)(C(=O)O)c1cn([C@@H]2O[C@H](CO)[C@@H](O)[C@H]2O)c(=O)[nH]c1=O. The Labute approximate surface area is 128 Å². The highest BCUT2D eigenvalue weighted by molar-refractivity contribution is 5.78. The Kier molecular flexibility index (Phi) is 4.41. The summed E-state index contributed by atoms with van der Waals surface area (Å²) in [6, 6.07) is 0. The molecule has 0 aliphatic carbocycles. The summed E-state index contributed by atoms with van der Waals surface area (Å²) >= 11 is 0. The third-order valence-electron chi connectivity index (χ3n) is 3.70. The van der Waals surface area contributed by atoms with Gasteiger partial charge in [-0.1, -0.05) is 0 Å². The van der Waals surface area contributed by atoms with Crippen LogP contribution in [-0.4, -0.2) is 66.0 Å². The van der Waals surface area contributed by atoms with E-state index in [9.17, 15) is 29.7 Å². The Balaban J connectivity index is 2.55. The van der Waals surface area contributed by atoms with E-state index >= 15 is 0 Å². The first-order valence-corrected chi connectivity index (χ1v) is 6.55. The number of carboxylic acid groups (broad SMARTS) is 1. The maximum atomic E-state index is 11.9. The Morgan fingerprint density at radius 3 is 2.48 bits per heavy atom. The van der Waals surface area contributed by atoms with Gasteiger partial charge in [-0.05, 0) is 6.92 Å². The van der Waals surface area contributed by atoms with Gasteiger partial charge in [-0.2, -0.15) is 0 Å². The van der Waals surface area contributed by atoms with Crippen LogP contribution in [0.2, 0.25) is 0 Å². The van der Waals surface area contributed by atoms with Gasteiger partial charge < -0.3 is 30.3 Å². The summed E-state index contributed by atoms with van der Waals surface area (Å²) in [5.74, 6) is -1.73. The molecule has 2 rings (SSSR count). The molecule has 11 heteroatoms. The predicted octanol–water partition coefficient (Wildman–Crippen LogP) is -3.56. The van der Waals surface area contributed by atoms with Crippen LogP contribution in [0.15, 0.2) is 15.8 Å². The van der Waals surface area contributed by atoms with Crippen LogP contribution in [0.4, 0.5) is 0 Å². The average Bonchev–Trinajstić information content (AvgIpc) is 2.74. The zero-order valence-corrected chi connectivity index (χ0v) is 11.9. The van der Waals surface area contributed by atoms with Crippen LogP contribution in [0.5, 0.6) is 0 Å². The van der Waals surface area contributed by atoms with E-state index in [4.69, 9.17) is 14.9 Å². The summed E-state index contributed by atoms with van der Waals surface area (Å²) in [6.45, 7) is 0.207. The number of carboxylic acids is 1. The van der Waals surface area contributed by atoms with Gasteiger partial charge in [0.15, 0.2) is 11.8 Å². The molecule has 1 aromatic heterocycles. The number of H-pyrrole nitrogens is 1. The van der Waals surface area contributed by atoms with Crippen molar-refractivity contribution in [3.05, 3.63) is 32.6 Å². The predicted molar refractivity (Wildman–Crippen MR) is 71.5 cm³/mol. The lowest BCUT2D eigenvalue weighted by Crippen LogP contribution is -2.44. The third-order valence-corrected chi connectivity index (χ3v) is 3.70. The van der Waals surface area contributed by atoms with E-state index in [0.717, 1.165) is 13.1 Å². The highest BCUT2D eigenvalue weighted by Gasteiger charge is 2.44. The van der Waals surface area contributed by atoms with Crippen molar-refractivity contribution in [2.24, 2.45) is 0 Å². The van der Waals surface area contributed by atoms with E-state index in [0.29, 0.717) is 4.57 Å². The first kappa shape index (κ1) is 17.3. The quantitative estimate of drug-likeness (QED) is 0.325. The van der Waals surface area contributed by atoms with Crippen LogP contribution in [0, 0.1) is 0 Å². The zero-order chi connectivity index (χ0) is 17.5. The molecule has 1 fully saturated rings. The Morgan fingerprint density at radius 1 is 1.39 bits per heavy atom. The van der Waals surface area contributed by atoms with Crippen LogP contribution in [0.1, 0.15) is 18.7 Å². The van der Waals surface area contributed by atoms with Crippen molar-refractivity contribution in [2.75, 3.05) is 6.61 Å². The lowest BCUT2D eigenvalue weighted by Gasteiger charge is -2.21. The lowest BCUT2D eigenvalue weighted by molar-refractivity contribution is -0.157. The van der Waals surface area contributed by atoms with E-state index in [2.05, 4.69) is 0 Å². The topological polar surface area (TPSA) is 182 Å². The Hall–Kier alpha value is -2.05. The number of nitrogens with zero attached hydrogens (tertiary/aromatic N) is 1. The monoisotopic (exact) mass is 332 g/mol. The first-order chi connectivity index (χ1) is 10.6. The molecule has 5 atom stereocenters. The lowest BCUT2D eigenvalue weighted by atomic mass is 9.99. The molecule has 128 valence electrons. The summed E-state index contributed by atoms with van der Waals surface area (Å²) in [6.07, 6.45) is -5.02. The van der Waals surface area contributed by atoms with Crippen molar-refractivity contribution < 1.29 is 35.1 Å². The molecule has 0 amide bonds. The molecule has 1 aromatic rings. The molecule has 0 saturated carbocycles. The molecular weight excluding hydrogens is 316 g/mol. The molecular formula is C12H16N2O9. The maximum absolute atomic E-state index is 11.9. The molecule has 2 heterocycles. The molecule has 0 radical (unpaired) electrons. The normalized spacial score (nSPS) is 30.1. The molecule has 1 aliphatic heterocycles. The summed E-state index contributed by atoms with van der Waals surface area (Å²) in [4.78, 5) is 36.5. The number of aliphatic hydroxyl groups excluding tert-OH is 3. The van der Waals surface area contributed by atoms with Crippen molar-refractivity contribution in [1.82, 2.24) is 9.55 Å². The van der Waals surface area contributed by atoms with Gasteiger partial charge in [0.05, 0.1) is 12.2 Å². The number of hydrogen-bond acceptors (Lipinski definition) is 8. The largest absolute Gasteiger partial charge is 0.479 e. The number of hydrogen-bond donors (Lipinski definition) is 6. The van der Waals surface area contributed by atoms with Gasteiger partial charge in [0.2, 0.25) is 0 Å². The number of aliphatic carboxylic acids is 1. The van der Waals surface area contributed by atoms with Crippen molar-refractivity contribution in [2.45, 2.75) is 37.1 Å². The molecule has 23 heavy (non-hydrogen) atoms. The van der Waals surface area contributed by atoms with E-state index in [1.54, 1.807) is 4.98 Å². The Bertz CT molecular complexity index is 722. The van der Waals surface area contributed by atoms with Gasteiger partial charge in [0, 0.05) is 6.20 Å². The third kappa shape index (κ3) is 2.80. The standard InChI is InChI=1S/C12H16N2O9/c1-12(22,10(19)20)4-2-14(11(21)13-8(4)18)9-7(17)6(16)5(3-15)23-9/h2,5-7,9,15-17,22H,3H2,1H3,(H,19,20)(H,13,18,21)/t5-,6-,7-,9-,12?/m1/s1. The fraction of sp³-hybridized carbons (Fsp3) is 0.583. The minimum Gasteiger partial charge on any atom is -0.479 e. The number of rotatable bonds is 4. The smallest absolute Gasteiger partial charge is 0.340 e. The van der Waals surface area contributed by atoms with Crippen LogP contribution in [0.25, 0.3) is 0 Å². The van der Waals surface area contributed by atoms with Gasteiger partial charge in [-0.25, -0.2) is 9.59 Å². The van der Waals surface area contributed by atoms with Gasteiger partial charge in [0.1, 0.15) is 18.3 Å². The Morgan fingerprint density at radius 2 is 2.00 bits per heavy atom. The van der Waals surface area contributed by atoms with Crippen molar-refractivity contribution >= 4 is 5.97 Å². The highest BCUT2D eigenvalue weighted by atomic mass is 16.6. The minimum atomic E-state index is -2.60. The molecule has 1 saturated heterocycles. The van der Waals surface area contributed by atoms with E-state index < -0.39 is 59.5 Å². The summed E-state index contributed by atoms with van der Waals surface area (Å²) in [5, 5.41) is 47.5. The number of aromatic nitrogens is 2. The van der Waals surface area contributed by atoms with Gasteiger partial charge >= 0.3 is 11.7 Å². The van der Waals surface area contributed by atoms with Crippen LogP contribution < -0.4 is 11.2 Å². The number of ether oxygens (including phenoxy) is 1. The first-order valence-electron chi connectivity index (χ1n) is 6.55. The summed E-state index contributed by atoms with van der Waals surface area (Å²) < 4.78 is 5.77. The van der Waals surface area contributed by atoms with Gasteiger partial charge in [0.25, 0.3) is 5.56 Å². The van der Waals surface area contributed by atoms with Gasteiger partial charge in [-0.3, -0.25) is 14.3 Å². The van der Waals surface area contributed by atoms with Crippen LogP contribution >= 0.6 is 0 Å². The zero-order valence-electron chi connectivity index (χ0n) is 11.9. The van der Waals surface area contributed by atoms with Crippen molar-refractivity contribution in [3.8, 4) is 0 Å². The number of aromatic amines is 1. The highest BCUT2D eigenvalue weighted by Crippen LogP contribution is 2.28. The number of aliphatic hydroxyl groups is 4. The molecule has 0 aromatic carbocycles. The molecule has 1 unspecified atom stereocenters. The van der Waals surface area contributed by atoms with Crippen LogP contribution in [0.3, 0.4) is 0 Å². The molecule has 11 nitrogen and oxygen atoms in total. The second kappa shape index (κ2) is 5.86. The second-order valence-corrected chi connectivity index (χ2v) is 5.32. The second-order valence-electron chi connectivity index (χ2n) is 5.32. The molecule has 0 bridgehead atoms. The van der Waals surface area contributed by atoms with E-state index in [-0.39, 0.29) is 0 Å². The minimum absolute atomic E-state index is 0.632. The molecule has 1 aliphatic rings. The number of carbonyl (C=O) groups is 1.